The van der Waals surface area contributed by atoms with Gasteiger partial charge in [-0.2, -0.15) is 0 Å². The van der Waals surface area contributed by atoms with Crippen LogP contribution in [0.25, 0.3) is 0 Å². The van der Waals surface area contributed by atoms with Crippen LogP contribution in [0.4, 0.5) is 0 Å². The van der Waals surface area contributed by atoms with E-state index in [4.69, 9.17) is 4.74 Å². The van der Waals surface area contributed by atoms with Crippen LogP contribution in [0.2, 0.25) is 0 Å². The molecule has 0 spiro atoms. The first-order valence-electron chi connectivity index (χ1n) is 8.41. The molecule has 1 aliphatic rings. The molecule has 20 heavy (non-hydrogen) atoms. The smallest absolute Gasteiger partial charge is 0.308 e. The van der Waals surface area contributed by atoms with Crippen molar-refractivity contribution in [2.24, 2.45) is 11.8 Å². The van der Waals surface area contributed by atoms with E-state index in [-0.39, 0.29) is 11.9 Å². The maximum atomic E-state index is 12.0. The minimum atomic E-state index is 0.0394. The Bertz CT molecular complexity index is 268. The quantitative estimate of drug-likeness (QED) is 0.542. The molecule has 0 heterocycles. The van der Waals surface area contributed by atoms with Crippen LogP contribution in [0, 0.1) is 11.8 Å². The summed E-state index contributed by atoms with van der Waals surface area (Å²) in [5.74, 6) is 0.928. The number of hydrogen-bond donors (Lipinski definition) is 1. The van der Waals surface area contributed by atoms with Gasteiger partial charge in [0, 0.05) is 12.1 Å². The molecular formula is C17H33NO2. The first kappa shape index (κ1) is 17.5. The molecule has 0 atom stereocenters. The zero-order chi connectivity index (χ0) is 15.0. The van der Waals surface area contributed by atoms with E-state index in [1.165, 1.54) is 6.42 Å². The number of ether oxygens (including phenoxy) is 1. The van der Waals surface area contributed by atoms with Gasteiger partial charge in [-0.3, -0.25) is 4.79 Å². The summed E-state index contributed by atoms with van der Waals surface area (Å²) in [5, 5.41) is 3.56. The van der Waals surface area contributed by atoms with Crippen molar-refractivity contribution >= 4 is 5.97 Å². The summed E-state index contributed by atoms with van der Waals surface area (Å²) in [5.41, 5.74) is 0. The fourth-order valence-electron chi connectivity index (χ4n) is 2.91. The van der Waals surface area contributed by atoms with E-state index in [1.807, 2.05) is 0 Å². The Morgan fingerprint density at radius 2 is 1.75 bits per heavy atom. The lowest BCUT2D eigenvalue weighted by atomic mass is 9.86. The Labute approximate surface area is 124 Å². The highest BCUT2D eigenvalue weighted by Gasteiger charge is 2.27. The summed E-state index contributed by atoms with van der Waals surface area (Å²) in [4.78, 5) is 12.0. The van der Waals surface area contributed by atoms with E-state index in [1.54, 1.807) is 0 Å². The van der Waals surface area contributed by atoms with Gasteiger partial charge in [0.25, 0.3) is 0 Å². The number of hydrogen-bond acceptors (Lipinski definition) is 3. The molecule has 1 rings (SSSR count). The highest BCUT2D eigenvalue weighted by atomic mass is 16.5. The Morgan fingerprint density at radius 3 is 2.30 bits per heavy atom. The van der Waals surface area contributed by atoms with E-state index in [2.05, 4.69) is 33.0 Å². The van der Waals surface area contributed by atoms with Gasteiger partial charge in [-0.05, 0) is 44.4 Å². The Kier molecular flexibility index (Phi) is 8.20. The summed E-state index contributed by atoms with van der Waals surface area (Å²) in [6, 6.07) is 1.12. The number of carbonyl (C=O) groups is 1. The molecule has 118 valence electrons. The average Bonchev–Trinajstić information content (AvgIpc) is 2.38. The molecule has 0 aliphatic heterocycles. The van der Waals surface area contributed by atoms with Crippen molar-refractivity contribution in [2.75, 3.05) is 6.61 Å². The van der Waals surface area contributed by atoms with Crippen molar-refractivity contribution < 1.29 is 9.53 Å². The fourth-order valence-corrected chi connectivity index (χ4v) is 2.91. The van der Waals surface area contributed by atoms with Gasteiger partial charge < -0.3 is 10.1 Å². The Morgan fingerprint density at radius 1 is 1.10 bits per heavy atom. The second kappa shape index (κ2) is 9.38. The predicted molar refractivity (Wildman–Crippen MR) is 83.7 cm³/mol. The van der Waals surface area contributed by atoms with E-state index in [9.17, 15) is 4.79 Å². The van der Waals surface area contributed by atoms with Crippen molar-refractivity contribution in [3.05, 3.63) is 0 Å². The molecule has 1 fully saturated rings. The predicted octanol–water partition coefficient (Wildman–Crippen LogP) is 3.91. The van der Waals surface area contributed by atoms with Crippen molar-refractivity contribution in [2.45, 2.75) is 84.7 Å². The van der Waals surface area contributed by atoms with E-state index in [0.29, 0.717) is 18.7 Å². The highest BCUT2D eigenvalue weighted by molar-refractivity contribution is 5.72. The van der Waals surface area contributed by atoms with Gasteiger partial charge in [-0.15, -0.1) is 0 Å². The van der Waals surface area contributed by atoms with Crippen molar-refractivity contribution in [1.29, 1.82) is 0 Å². The zero-order valence-corrected chi connectivity index (χ0v) is 13.8. The molecule has 0 aromatic heterocycles. The lowest BCUT2D eigenvalue weighted by Gasteiger charge is -2.29. The molecule has 0 aromatic carbocycles. The van der Waals surface area contributed by atoms with Crippen LogP contribution in [0.3, 0.4) is 0 Å². The first-order valence-corrected chi connectivity index (χ1v) is 8.41. The Balaban J connectivity index is 2.10. The standard InChI is InChI=1S/C17H33NO2/c1-13(2)7-5-6-12-20-17(19)15-8-10-16(11-9-15)18-14(3)4/h13-16,18H,5-12H2,1-4H3. The van der Waals surface area contributed by atoms with Crippen molar-refractivity contribution in [3.8, 4) is 0 Å². The second-order valence-corrected chi connectivity index (χ2v) is 6.93. The molecule has 0 bridgehead atoms. The van der Waals surface area contributed by atoms with Gasteiger partial charge in [0.05, 0.1) is 12.5 Å². The molecule has 1 saturated carbocycles. The monoisotopic (exact) mass is 283 g/mol. The van der Waals surface area contributed by atoms with Crippen molar-refractivity contribution in [1.82, 2.24) is 5.32 Å². The molecule has 0 radical (unpaired) electrons. The normalized spacial score (nSPS) is 23.3. The first-order chi connectivity index (χ1) is 9.49. The topological polar surface area (TPSA) is 38.3 Å². The third-order valence-corrected chi connectivity index (χ3v) is 4.05. The number of unbranched alkanes of at least 4 members (excludes halogenated alkanes) is 1. The van der Waals surface area contributed by atoms with E-state index in [0.717, 1.165) is 44.4 Å². The van der Waals surface area contributed by atoms with Gasteiger partial charge in [0.15, 0.2) is 0 Å². The van der Waals surface area contributed by atoms with Crippen LogP contribution < -0.4 is 5.32 Å². The van der Waals surface area contributed by atoms with Crippen molar-refractivity contribution in [3.63, 3.8) is 0 Å². The van der Waals surface area contributed by atoms with Crippen LogP contribution in [0.1, 0.15) is 72.6 Å². The van der Waals surface area contributed by atoms with Gasteiger partial charge in [-0.25, -0.2) is 0 Å². The molecule has 3 nitrogen and oxygen atoms in total. The molecule has 0 saturated heterocycles. The van der Waals surface area contributed by atoms with Crippen LogP contribution in [0.5, 0.6) is 0 Å². The molecule has 1 N–H and O–H groups in total. The number of rotatable bonds is 8. The summed E-state index contributed by atoms with van der Waals surface area (Å²) >= 11 is 0. The summed E-state index contributed by atoms with van der Waals surface area (Å²) in [6.07, 6.45) is 7.56. The average molecular weight is 283 g/mol. The lowest BCUT2D eigenvalue weighted by molar-refractivity contribution is -0.149. The summed E-state index contributed by atoms with van der Waals surface area (Å²) in [7, 11) is 0. The summed E-state index contributed by atoms with van der Waals surface area (Å²) in [6.45, 7) is 9.43. The van der Waals surface area contributed by atoms with Gasteiger partial charge >= 0.3 is 5.97 Å². The van der Waals surface area contributed by atoms with Crippen LogP contribution in [0.15, 0.2) is 0 Å². The SMILES string of the molecule is CC(C)CCCCOC(=O)C1CCC(NC(C)C)CC1. The largest absolute Gasteiger partial charge is 0.465 e. The highest BCUT2D eigenvalue weighted by Crippen LogP contribution is 2.25. The summed E-state index contributed by atoms with van der Waals surface area (Å²) < 4.78 is 5.42. The zero-order valence-electron chi connectivity index (χ0n) is 13.8. The molecule has 1 aliphatic carbocycles. The fraction of sp³-hybridized carbons (Fsp3) is 0.941. The Hall–Kier alpha value is -0.570. The minimum absolute atomic E-state index is 0.0394. The number of esters is 1. The maximum Gasteiger partial charge on any atom is 0.308 e. The molecule has 0 amide bonds. The van der Waals surface area contributed by atoms with Gasteiger partial charge in [0.1, 0.15) is 0 Å². The third-order valence-electron chi connectivity index (χ3n) is 4.05. The minimum Gasteiger partial charge on any atom is -0.465 e. The van der Waals surface area contributed by atoms with Crippen LogP contribution in [-0.4, -0.2) is 24.7 Å². The molecule has 3 heteroatoms. The molecule has 0 aromatic rings. The maximum absolute atomic E-state index is 12.0. The lowest BCUT2D eigenvalue weighted by Crippen LogP contribution is -2.39. The molecule has 0 unspecified atom stereocenters. The van der Waals surface area contributed by atoms with Gasteiger partial charge in [0.2, 0.25) is 0 Å². The van der Waals surface area contributed by atoms with Gasteiger partial charge in [-0.1, -0.05) is 34.1 Å². The number of nitrogens with one attached hydrogen (secondary N) is 1. The third kappa shape index (κ3) is 7.28. The van der Waals surface area contributed by atoms with E-state index >= 15 is 0 Å². The van der Waals surface area contributed by atoms with Crippen LogP contribution >= 0.6 is 0 Å². The second-order valence-electron chi connectivity index (χ2n) is 6.93. The molecular weight excluding hydrogens is 250 g/mol. The van der Waals surface area contributed by atoms with E-state index < -0.39 is 0 Å². The van der Waals surface area contributed by atoms with Crippen LogP contribution in [-0.2, 0) is 9.53 Å². The number of carbonyl (C=O) groups excluding carboxylic acids is 1.